The predicted octanol–water partition coefficient (Wildman–Crippen LogP) is 2.34. The predicted molar refractivity (Wildman–Crippen MR) is 55.2 cm³/mol. The van der Waals surface area contributed by atoms with Gasteiger partial charge in [-0.25, -0.2) is 0 Å². The fourth-order valence-corrected chi connectivity index (χ4v) is 2.20. The van der Waals surface area contributed by atoms with Crippen molar-refractivity contribution in [3.63, 3.8) is 0 Å². The molecule has 0 fully saturated rings. The largest absolute Gasteiger partial charge is 0.294 e. The number of nitrogens with zero attached hydrogens (tertiary/aromatic N) is 1. The Balaban J connectivity index is 2.76. The minimum atomic E-state index is -0.422. The molecule has 0 bridgehead atoms. The zero-order valence-electron chi connectivity index (χ0n) is 8.66. The Morgan fingerprint density at radius 3 is 2.60 bits per heavy atom. The van der Waals surface area contributed by atoms with Gasteiger partial charge in [0.2, 0.25) is 0 Å². The third-order valence-corrected chi connectivity index (χ3v) is 2.97. The molecule has 0 unspecified atom stereocenters. The summed E-state index contributed by atoms with van der Waals surface area (Å²) in [5.41, 5.74) is 3.00. The molecule has 0 aromatic heterocycles. The Kier molecular flexibility index (Phi) is 2.07. The van der Waals surface area contributed by atoms with Crippen molar-refractivity contribution in [2.75, 3.05) is 0 Å². The fourth-order valence-electron chi connectivity index (χ4n) is 2.20. The number of hydrogen-bond acceptors (Lipinski definition) is 3. The van der Waals surface area contributed by atoms with E-state index in [0.717, 1.165) is 17.5 Å². The SMILES string of the molecule is Cc1cc([N+](=O)[O-])c(C)c2c1CCC2=O. The second-order valence-electron chi connectivity index (χ2n) is 3.87. The van der Waals surface area contributed by atoms with Gasteiger partial charge in [0, 0.05) is 23.6 Å². The highest BCUT2D eigenvalue weighted by Gasteiger charge is 2.28. The summed E-state index contributed by atoms with van der Waals surface area (Å²) >= 11 is 0. The van der Waals surface area contributed by atoms with Gasteiger partial charge >= 0.3 is 0 Å². The molecule has 0 spiro atoms. The summed E-state index contributed by atoms with van der Waals surface area (Å²) in [4.78, 5) is 21.9. The van der Waals surface area contributed by atoms with Crippen LogP contribution in [-0.4, -0.2) is 10.7 Å². The molecule has 1 aliphatic rings. The Hall–Kier alpha value is -1.71. The minimum absolute atomic E-state index is 0.0364. The number of aryl methyl sites for hydroxylation is 1. The molecule has 0 radical (unpaired) electrons. The number of rotatable bonds is 1. The van der Waals surface area contributed by atoms with Crippen LogP contribution in [0.4, 0.5) is 5.69 Å². The van der Waals surface area contributed by atoms with Crippen LogP contribution in [0.3, 0.4) is 0 Å². The van der Waals surface area contributed by atoms with E-state index in [1.54, 1.807) is 13.0 Å². The second-order valence-corrected chi connectivity index (χ2v) is 3.87. The molecule has 1 aliphatic carbocycles. The molecule has 0 heterocycles. The van der Waals surface area contributed by atoms with Gasteiger partial charge in [0.05, 0.1) is 4.92 Å². The van der Waals surface area contributed by atoms with Crippen LogP contribution in [0.2, 0.25) is 0 Å². The minimum Gasteiger partial charge on any atom is -0.294 e. The molecule has 4 heteroatoms. The van der Waals surface area contributed by atoms with Crippen molar-refractivity contribution in [3.05, 3.63) is 38.4 Å². The normalized spacial score (nSPS) is 14.1. The van der Waals surface area contributed by atoms with Crippen LogP contribution in [0.25, 0.3) is 0 Å². The number of ketones is 1. The molecule has 0 saturated heterocycles. The van der Waals surface area contributed by atoms with E-state index in [4.69, 9.17) is 0 Å². The van der Waals surface area contributed by atoms with Gasteiger partial charge < -0.3 is 0 Å². The topological polar surface area (TPSA) is 60.2 Å². The van der Waals surface area contributed by atoms with Gasteiger partial charge in [0.15, 0.2) is 5.78 Å². The molecular weight excluding hydrogens is 194 g/mol. The van der Waals surface area contributed by atoms with Gasteiger partial charge in [0.1, 0.15) is 0 Å². The lowest BCUT2D eigenvalue weighted by Crippen LogP contribution is -2.02. The van der Waals surface area contributed by atoms with E-state index < -0.39 is 4.92 Å². The number of benzene rings is 1. The Bertz CT molecular complexity index is 477. The van der Waals surface area contributed by atoms with Crippen LogP contribution in [0, 0.1) is 24.0 Å². The third-order valence-electron chi connectivity index (χ3n) is 2.97. The smallest absolute Gasteiger partial charge is 0.273 e. The number of hydrogen-bond donors (Lipinski definition) is 0. The number of fused-ring (bicyclic) bond motifs is 1. The van der Waals surface area contributed by atoms with Crippen LogP contribution in [0.15, 0.2) is 6.07 Å². The van der Waals surface area contributed by atoms with E-state index in [-0.39, 0.29) is 11.5 Å². The van der Waals surface area contributed by atoms with E-state index in [1.807, 2.05) is 6.92 Å². The van der Waals surface area contributed by atoms with Gasteiger partial charge in [-0.05, 0) is 31.4 Å². The monoisotopic (exact) mass is 205 g/mol. The number of Topliss-reactive ketones (excluding diaryl/α,β-unsaturated/α-hetero) is 1. The highest BCUT2D eigenvalue weighted by molar-refractivity contribution is 6.03. The molecule has 1 aromatic rings. The molecule has 2 rings (SSSR count). The summed E-state index contributed by atoms with van der Waals surface area (Å²) in [6.45, 7) is 3.48. The third kappa shape index (κ3) is 1.33. The van der Waals surface area contributed by atoms with E-state index in [1.165, 1.54) is 0 Å². The maximum absolute atomic E-state index is 11.6. The Labute approximate surface area is 87.1 Å². The van der Waals surface area contributed by atoms with E-state index in [2.05, 4.69) is 0 Å². The average Bonchev–Trinajstić information content (AvgIpc) is 2.54. The highest BCUT2D eigenvalue weighted by atomic mass is 16.6. The van der Waals surface area contributed by atoms with Crippen molar-refractivity contribution in [2.24, 2.45) is 0 Å². The maximum atomic E-state index is 11.6. The molecule has 0 atom stereocenters. The fraction of sp³-hybridized carbons (Fsp3) is 0.364. The molecule has 4 nitrogen and oxygen atoms in total. The molecule has 0 N–H and O–H groups in total. The number of nitro groups is 1. The van der Waals surface area contributed by atoms with Crippen molar-refractivity contribution >= 4 is 11.5 Å². The Morgan fingerprint density at radius 1 is 1.33 bits per heavy atom. The van der Waals surface area contributed by atoms with Crippen molar-refractivity contribution in [1.82, 2.24) is 0 Å². The quantitative estimate of drug-likeness (QED) is 0.522. The lowest BCUT2D eigenvalue weighted by Gasteiger charge is -2.06. The van der Waals surface area contributed by atoms with Crippen molar-refractivity contribution in [2.45, 2.75) is 26.7 Å². The van der Waals surface area contributed by atoms with E-state index in [0.29, 0.717) is 17.5 Å². The summed E-state index contributed by atoms with van der Waals surface area (Å²) in [6, 6.07) is 1.56. The van der Waals surface area contributed by atoms with Gasteiger partial charge in [0.25, 0.3) is 5.69 Å². The summed E-state index contributed by atoms with van der Waals surface area (Å²) in [5, 5.41) is 10.8. The first-order chi connectivity index (χ1) is 7.02. The molecule has 0 saturated carbocycles. The lowest BCUT2D eigenvalue weighted by atomic mass is 9.98. The standard InChI is InChI=1S/C11H11NO3/c1-6-5-9(12(14)15)7(2)11-8(6)3-4-10(11)13/h5H,3-4H2,1-2H3. The van der Waals surface area contributed by atoms with E-state index in [9.17, 15) is 14.9 Å². The number of nitro benzene ring substituents is 1. The Morgan fingerprint density at radius 2 is 2.00 bits per heavy atom. The zero-order valence-corrected chi connectivity index (χ0v) is 8.66. The lowest BCUT2D eigenvalue weighted by molar-refractivity contribution is -0.385. The summed E-state index contributed by atoms with van der Waals surface area (Å²) in [5.74, 6) is 0.0364. The molecular formula is C11H11NO3. The molecule has 15 heavy (non-hydrogen) atoms. The molecule has 0 amide bonds. The van der Waals surface area contributed by atoms with Gasteiger partial charge in [-0.3, -0.25) is 14.9 Å². The van der Waals surface area contributed by atoms with Crippen molar-refractivity contribution in [3.8, 4) is 0 Å². The number of carbonyl (C=O) groups is 1. The molecule has 78 valence electrons. The van der Waals surface area contributed by atoms with Gasteiger partial charge in [-0.2, -0.15) is 0 Å². The molecule has 0 aliphatic heterocycles. The van der Waals surface area contributed by atoms with Crippen LogP contribution >= 0.6 is 0 Å². The first-order valence-corrected chi connectivity index (χ1v) is 4.83. The van der Waals surface area contributed by atoms with Gasteiger partial charge in [-0.1, -0.05) is 0 Å². The van der Waals surface area contributed by atoms with Crippen LogP contribution in [0.1, 0.15) is 33.5 Å². The van der Waals surface area contributed by atoms with Crippen LogP contribution in [-0.2, 0) is 6.42 Å². The van der Waals surface area contributed by atoms with E-state index >= 15 is 0 Å². The average molecular weight is 205 g/mol. The van der Waals surface area contributed by atoms with Crippen LogP contribution in [0.5, 0.6) is 0 Å². The second kappa shape index (κ2) is 3.15. The van der Waals surface area contributed by atoms with Crippen molar-refractivity contribution in [1.29, 1.82) is 0 Å². The molecule has 1 aromatic carbocycles. The van der Waals surface area contributed by atoms with Crippen LogP contribution < -0.4 is 0 Å². The zero-order chi connectivity index (χ0) is 11.2. The van der Waals surface area contributed by atoms with Crippen molar-refractivity contribution < 1.29 is 9.72 Å². The summed E-state index contributed by atoms with van der Waals surface area (Å²) in [7, 11) is 0. The summed E-state index contributed by atoms with van der Waals surface area (Å²) < 4.78 is 0. The maximum Gasteiger partial charge on any atom is 0.273 e. The first-order valence-electron chi connectivity index (χ1n) is 4.83. The number of carbonyl (C=O) groups excluding carboxylic acids is 1. The summed E-state index contributed by atoms with van der Waals surface area (Å²) in [6.07, 6.45) is 1.21. The highest BCUT2D eigenvalue weighted by Crippen LogP contribution is 2.33. The first kappa shape index (κ1) is 9.83. The van der Waals surface area contributed by atoms with Gasteiger partial charge in [-0.15, -0.1) is 0 Å².